The van der Waals surface area contributed by atoms with Gasteiger partial charge < -0.3 is 15.0 Å². The third-order valence-electron chi connectivity index (χ3n) is 3.75. The lowest BCUT2D eigenvalue weighted by Crippen LogP contribution is -2.39. The fourth-order valence-corrected chi connectivity index (χ4v) is 3.00. The third-order valence-corrected chi connectivity index (χ3v) is 4.58. The van der Waals surface area contributed by atoms with Crippen molar-refractivity contribution in [2.24, 2.45) is 0 Å². The number of nitrogens with zero attached hydrogens (tertiary/aromatic N) is 2. The highest BCUT2D eigenvalue weighted by Gasteiger charge is 2.20. The van der Waals surface area contributed by atoms with Crippen molar-refractivity contribution in [3.05, 3.63) is 45.9 Å². The van der Waals surface area contributed by atoms with Gasteiger partial charge in [0.1, 0.15) is 5.01 Å². The van der Waals surface area contributed by atoms with Crippen LogP contribution in [0.2, 0.25) is 0 Å². The maximum absolute atomic E-state index is 12.6. The first-order valence-electron chi connectivity index (χ1n) is 8.13. The summed E-state index contributed by atoms with van der Waals surface area (Å²) in [7, 11) is 1.32. The van der Waals surface area contributed by atoms with Gasteiger partial charge in [-0.15, -0.1) is 11.3 Å². The van der Waals surface area contributed by atoms with Crippen molar-refractivity contribution in [3.8, 4) is 0 Å². The number of benzene rings is 1. The minimum Gasteiger partial charge on any atom is -0.464 e. The zero-order valence-electron chi connectivity index (χ0n) is 14.9. The van der Waals surface area contributed by atoms with Crippen LogP contribution in [0.4, 0.5) is 10.5 Å². The number of ether oxygens (including phenoxy) is 1. The Morgan fingerprint density at radius 1 is 1.28 bits per heavy atom. The highest BCUT2D eigenvalue weighted by atomic mass is 32.1. The van der Waals surface area contributed by atoms with Crippen molar-refractivity contribution in [2.75, 3.05) is 12.4 Å². The summed E-state index contributed by atoms with van der Waals surface area (Å²) in [6.07, 6.45) is 0.957. The highest BCUT2D eigenvalue weighted by molar-refractivity contribution is 7.09. The van der Waals surface area contributed by atoms with Crippen LogP contribution in [0.3, 0.4) is 0 Å². The van der Waals surface area contributed by atoms with E-state index in [0.29, 0.717) is 11.6 Å². The van der Waals surface area contributed by atoms with Crippen LogP contribution in [0.15, 0.2) is 29.6 Å². The van der Waals surface area contributed by atoms with Crippen LogP contribution in [-0.2, 0) is 17.7 Å². The number of hydrogen-bond donors (Lipinski definition) is 1. The Hall–Kier alpha value is -2.41. The second kappa shape index (κ2) is 8.62. The second-order valence-electron chi connectivity index (χ2n) is 5.82. The van der Waals surface area contributed by atoms with E-state index in [0.717, 1.165) is 12.1 Å². The van der Waals surface area contributed by atoms with Crippen LogP contribution in [0, 0.1) is 0 Å². The number of aryl methyl sites for hydroxylation is 1. The first-order chi connectivity index (χ1) is 11.9. The van der Waals surface area contributed by atoms with Crippen molar-refractivity contribution in [2.45, 2.75) is 39.8 Å². The predicted octanol–water partition coefficient (Wildman–Crippen LogP) is 3.93. The number of nitrogens with one attached hydrogen (secondary N) is 1. The summed E-state index contributed by atoms with van der Waals surface area (Å²) in [4.78, 5) is 30.0. The standard InChI is InChI=1S/C18H23N3O3S/c1-5-13-6-8-14(9-7-13)19-18(23)21(12(2)3)10-16-20-15(11-25-16)17(22)24-4/h6-9,11-12H,5,10H2,1-4H3,(H,19,23). The van der Waals surface area contributed by atoms with Gasteiger partial charge in [-0.25, -0.2) is 14.6 Å². The summed E-state index contributed by atoms with van der Waals surface area (Å²) < 4.78 is 4.66. The van der Waals surface area contributed by atoms with Crippen molar-refractivity contribution in [1.82, 2.24) is 9.88 Å². The van der Waals surface area contributed by atoms with Crippen molar-refractivity contribution < 1.29 is 14.3 Å². The topological polar surface area (TPSA) is 71.5 Å². The number of carbonyl (C=O) groups excluding carboxylic acids is 2. The van der Waals surface area contributed by atoms with E-state index < -0.39 is 5.97 Å². The average Bonchev–Trinajstić information content (AvgIpc) is 3.08. The molecule has 0 aliphatic carbocycles. The second-order valence-corrected chi connectivity index (χ2v) is 6.76. The number of urea groups is 1. The Morgan fingerprint density at radius 3 is 2.52 bits per heavy atom. The molecule has 0 aliphatic heterocycles. The lowest BCUT2D eigenvalue weighted by atomic mass is 10.1. The Kier molecular flexibility index (Phi) is 6.52. The summed E-state index contributed by atoms with van der Waals surface area (Å²) in [6.45, 7) is 6.30. The van der Waals surface area contributed by atoms with Crippen LogP contribution in [0.25, 0.3) is 0 Å². The highest BCUT2D eigenvalue weighted by Crippen LogP contribution is 2.17. The van der Waals surface area contributed by atoms with E-state index in [9.17, 15) is 9.59 Å². The minimum atomic E-state index is -0.473. The molecule has 1 aromatic carbocycles. The van der Waals surface area contributed by atoms with Gasteiger partial charge >= 0.3 is 12.0 Å². The predicted molar refractivity (Wildman–Crippen MR) is 99.0 cm³/mol. The number of esters is 1. The molecule has 0 bridgehead atoms. The van der Waals surface area contributed by atoms with Gasteiger partial charge in [-0.2, -0.15) is 0 Å². The molecule has 2 aromatic rings. The fraction of sp³-hybridized carbons (Fsp3) is 0.389. The lowest BCUT2D eigenvalue weighted by molar-refractivity contribution is 0.0594. The monoisotopic (exact) mass is 361 g/mol. The lowest BCUT2D eigenvalue weighted by Gasteiger charge is -2.26. The number of thiazole rings is 1. The quantitative estimate of drug-likeness (QED) is 0.791. The van der Waals surface area contributed by atoms with Gasteiger partial charge in [-0.05, 0) is 38.0 Å². The van der Waals surface area contributed by atoms with Crippen molar-refractivity contribution in [1.29, 1.82) is 0 Å². The van der Waals surface area contributed by atoms with Gasteiger partial charge in [0.2, 0.25) is 0 Å². The summed E-state index contributed by atoms with van der Waals surface area (Å²) in [5.41, 5.74) is 2.24. The molecule has 134 valence electrons. The zero-order chi connectivity index (χ0) is 18.4. The number of rotatable bonds is 6. The minimum absolute atomic E-state index is 0.0135. The molecule has 6 nitrogen and oxygen atoms in total. The number of amides is 2. The maximum Gasteiger partial charge on any atom is 0.357 e. The SMILES string of the molecule is CCc1ccc(NC(=O)N(Cc2nc(C(=O)OC)cs2)C(C)C)cc1. The first kappa shape index (κ1) is 18.9. The van der Waals surface area contributed by atoms with E-state index in [-0.39, 0.29) is 17.8 Å². The van der Waals surface area contributed by atoms with E-state index in [1.165, 1.54) is 24.0 Å². The molecule has 0 saturated carbocycles. The summed E-state index contributed by atoms with van der Waals surface area (Å²) >= 11 is 1.33. The van der Waals surface area contributed by atoms with Crippen LogP contribution < -0.4 is 5.32 Å². The average molecular weight is 361 g/mol. The van der Waals surface area contributed by atoms with Crippen molar-refractivity contribution in [3.63, 3.8) is 0 Å². The zero-order valence-corrected chi connectivity index (χ0v) is 15.7. The molecular weight excluding hydrogens is 338 g/mol. The molecule has 0 fully saturated rings. The molecule has 7 heteroatoms. The van der Waals surface area contributed by atoms with Gasteiger partial charge in [0.05, 0.1) is 13.7 Å². The Bertz CT molecular complexity index is 725. The molecule has 0 aliphatic rings. The number of methoxy groups -OCH3 is 1. The van der Waals surface area contributed by atoms with Crippen molar-refractivity contribution >= 4 is 29.0 Å². The van der Waals surface area contributed by atoms with Gasteiger partial charge in [0.15, 0.2) is 5.69 Å². The Labute approximate surface area is 151 Å². The van der Waals surface area contributed by atoms with Crippen LogP contribution in [0.5, 0.6) is 0 Å². The fourth-order valence-electron chi connectivity index (χ4n) is 2.24. The van der Waals surface area contributed by atoms with Gasteiger partial charge in [0, 0.05) is 17.1 Å². The van der Waals surface area contributed by atoms with E-state index in [4.69, 9.17) is 0 Å². The first-order valence-corrected chi connectivity index (χ1v) is 9.01. The maximum atomic E-state index is 12.6. The smallest absolute Gasteiger partial charge is 0.357 e. The van der Waals surface area contributed by atoms with Gasteiger partial charge in [-0.3, -0.25) is 0 Å². The Morgan fingerprint density at radius 2 is 1.96 bits per heavy atom. The van der Waals surface area contributed by atoms with Crippen LogP contribution in [-0.4, -0.2) is 35.0 Å². The molecule has 0 saturated heterocycles. The normalized spacial score (nSPS) is 10.6. The molecule has 0 spiro atoms. The molecule has 0 unspecified atom stereocenters. The number of hydrogen-bond acceptors (Lipinski definition) is 5. The number of aromatic nitrogens is 1. The summed E-state index contributed by atoms with van der Waals surface area (Å²) in [5, 5.41) is 5.23. The molecule has 2 amide bonds. The summed E-state index contributed by atoms with van der Waals surface area (Å²) in [6, 6.07) is 7.58. The number of anilines is 1. The van der Waals surface area contributed by atoms with Gasteiger partial charge in [-0.1, -0.05) is 19.1 Å². The molecular formula is C18H23N3O3S. The molecule has 0 radical (unpaired) electrons. The summed E-state index contributed by atoms with van der Waals surface area (Å²) in [5.74, 6) is -0.473. The molecule has 1 heterocycles. The van der Waals surface area contributed by atoms with E-state index in [2.05, 4.69) is 22.0 Å². The van der Waals surface area contributed by atoms with E-state index in [1.807, 2.05) is 38.1 Å². The molecule has 0 atom stereocenters. The largest absolute Gasteiger partial charge is 0.464 e. The van der Waals surface area contributed by atoms with E-state index >= 15 is 0 Å². The molecule has 2 rings (SSSR count). The molecule has 1 aromatic heterocycles. The molecule has 25 heavy (non-hydrogen) atoms. The van der Waals surface area contributed by atoms with E-state index in [1.54, 1.807) is 10.3 Å². The number of carbonyl (C=O) groups is 2. The molecule has 1 N–H and O–H groups in total. The Balaban J connectivity index is 2.07. The van der Waals surface area contributed by atoms with Gasteiger partial charge in [0.25, 0.3) is 0 Å². The third kappa shape index (κ3) is 5.03. The van der Waals surface area contributed by atoms with Crippen LogP contribution in [0.1, 0.15) is 41.8 Å². The van der Waals surface area contributed by atoms with Crippen LogP contribution >= 0.6 is 11.3 Å².